The van der Waals surface area contributed by atoms with Crippen molar-refractivity contribution in [1.82, 2.24) is 25.0 Å². The molecule has 0 fully saturated rings. The number of nitrogens with one attached hydrogen (secondary N) is 2. The Labute approximate surface area is 232 Å². The Morgan fingerprint density at radius 1 is 1.05 bits per heavy atom. The molecule has 15 heteroatoms. The van der Waals surface area contributed by atoms with Crippen LogP contribution >= 0.6 is 0 Å². The number of amides is 2. The minimum Gasteiger partial charge on any atom is -0.444 e. The van der Waals surface area contributed by atoms with E-state index in [1.54, 1.807) is 36.2 Å². The Balaban J connectivity index is 2.02. The fraction of sp³-hybridized carbons (Fsp3) is 0.680. The van der Waals surface area contributed by atoms with Gasteiger partial charge in [0.25, 0.3) is 0 Å². The number of imidazole rings is 1. The number of anilines is 1. The highest BCUT2D eigenvalue weighted by atomic mass is 19.4. The van der Waals surface area contributed by atoms with Crippen LogP contribution in [-0.2, 0) is 29.2 Å². The predicted molar refractivity (Wildman–Crippen MR) is 142 cm³/mol. The molecule has 2 heterocycles. The molecule has 2 rings (SSSR count). The van der Waals surface area contributed by atoms with Crippen LogP contribution in [0.4, 0.5) is 35.4 Å². The van der Waals surface area contributed by atoms with E-state index >= 15 is 0 Å². The zero-order valence-corrected chi connectivity index (χ0v) is 23.6. The van der Waals surface area contributed by atoms with Gasteiger partial charge in [-0.15, -0.1) is 0 Å². The van der Waals surface area contributed by atoms with Crippen molar-refractivity contribution in [3.05, 3.63) is 18.6 Å². The molecule has 2 aromatic rings. The number of aromatic nitrogens is 4. The smallest absolute Gasteiger partial charge is 0.444 e. The zero-order chi connectivity index (χ0) is 29.8. The molecule has 0 bridgehead atoms. The Morgan fingerprint density at radius 3 is 2.45 bits per heavy atom. The molecule has 2 amide bonds. The average Bonchev–Trinajstić information content (AvgIpc) is 3.41. The van der Waals surface area contributed by atoms with Crippen LogP contribution in [-0.4, -0.2) is 51.2 Å². The van der Waals surface area contributed by atoms with Gasteiger partial charge in [-0.25, -0.2) is 18.6 Å². The number of alkyl carbamates (subject to hydrolysis) is 1. The lowest BCUT2D eigenvalue weighted by Gasteiger charge is -2.19. The third kappa shape index (κ3) is 11.2. The van der Waals surface area contributed by atoms with Crippen LogP contribution in [0, 0.1) is 0 Å². The first kappa shape index (κ1) is 32.6. The summed E-state index contributed by atoms with van der Waals surface area (Å²) in [5.74, 6) is -1.14. The summed E-state index contributed by atoms with van der Waals surface area (Å²) in [4.78, 5) is 22.8. The van der Waals surface area contributed by atoms with Gasteiger partial charge < -0.3 is 21.1 Å². The first-order chi connectivity index (χ1) is 18.8. The molecule has 12 nitrogen and oxygen atoms in total. The molecule has 0 aromatic carbocycles. The molecule has 0 saturated heterocycles. The van der Waals surface area contributed by atoms with Gasteiger partial charge in [-0.3, -0.25) is 4.79 Å². The third-order valence-electron chi connectivity index (χ3n) is 5.63. The minimum absolute atomic E-state index is 0.133. The normalized spacial score (nSPS) is 12.2. The van der Waals surface area contributed by atoms with Crippen molar-refractivity contribution in [2.45, 2.75) is 97.6 Å². The summed E-state index contributed by atoms with van der Waals surface area (Å²) in [6.45, 7) is 9.20. The van der Waals surface area contributed by atoms with Crippen LogP contribution in [0.2, 0.25) is 0 Å². The molecule has 4 N–H and O–H groups in total. The molecular formula is C25H41F3N9O3+. The van der Waals surface area contributed by atoms with E-state index in [1.807, 2.05) is 16.1 Å². The van der Waals surface area contributed by atoms with Gasteiger partial charge in [-0.2, -0.15) is 18.3 Å². The Hall–Kier alpha value is -3.65. The van der Waals surface area contributed by atoms with Crippen molar-refractivity contribution < 1.29 is 32.1 Å². The number of nitrogen functional groups attached to an aromatic ring is 1. The van der Waals surface area contributed by atoms with E-state index in [9.17, 15) is 22.8 Å². The largest absolute Gasteiger partial charge is 0.471 e. The Bertz CT molecular complexity index is 1120. The van der Waals surface area contributed by atoms with E-state index in [2.05, 4.69) is 27.6 Å². The second-order valence-electron chi connectivity index (χ2n) is 10.3. The molecule has 224 valence electrons. The van der Waals surface area contributed by atoms with Crippen molar-refractivity contribution in [2.75, 3.05) is 18.8 Å². The maximum atomic E-state index is 12.4. The van der Waals surface area contributed by atoms with Gasteiger partial charge in [0.1, 0.15) is 5.60 Å². The lowest BCUT2D eigenvalue weighted by atomic mass is 10.2. The molecule has 2 aromatic heterocycles. The van der Waals surface area contributed by atoms with Crippen LogP contribution in [0.5, 0.6) is 0 Å². The van der Waals surface area contributed by atoms with Crippen LogP contribution in [0.15, 0.2) is 28.8 Å². The van der Waals surface area contributed by atoms with Gasteiger partial charge in [0.15, 0.2) is 11.5 Å². The average molecular weight is 573 g/mol. The highest BCUT2D eigenvalue weighted by molar-refractivity contribution is 5.81. The number of hydrogen-bond acceptors (Lipinski definition) is 7. The lowest BCUT2D eigenvalue weighted by molar-refractivity contribution is -0.683. The number of hydrogen-bond donors (Lipinski definition) is 3. The Kier molecular flexibility index (Phi) is 12.4. The van der Waals surface area contributed by atoms with Crippen LogP contribution in [0.25, 0.3) is 0 Å². The molecule has 0 aliphatic carbocycles. The lowest BCUT2D eigenvalue weighted by Crippen LogP contribution is -2.39. The van der Waals surface area contributed by atoms with Crippen molar-refractivity contribution >= 4 is 29.5 Å². The number of carbonyl (C=O) groups excluding carboxylic acids is 2. The second kappa shape index (κ2) is 15.2. The van der Waals surface area contributed by atoms with E-state index < -0.39 is 23.8 Å². The number of ether oxygens (including phenoxy) is 1. The van der Waals surface area contributed by atoms with Crippen molar-refractivity contribution in [2.24, 2.45) is 10.2 Å². The molecule has 40 heavy (non-hydrogen) atoms. The maximum Gasteiger partial charge on any atom is 0.471 e. The summed E-state index contributed by atoms with van der Waals surface area (Å²) in [5.41, 5.74) is 6.00. The predicted octanol–water partition coefficient (Wildman–Crippen LogP) is 4.53. The van der Waals surface area contributed by atoms with Gasteiger partial charge in [0.2, 0.25) is 0 Å². The van der Waals surface area contributed by atoms with E-state index in [1.165, 1.54) is 6.20 Å². The van der Waals surface area contributed by atoms with Gasteiger partial charge in [-0.05, 0) is 40.0 Å². The fourth-order valence-electron chi connectivity index (χ4n) is 3.66. The summed E-state index contributed by atoms with van der Waals surface area (Å²) < 4.78 is 47.7. The van der Waals surface area contributed by atoms with Crippen molar-refractivity contribution in [3.8, 4) is 0 Å². The van der Waals surface area contributed by atoms with Crippen molar-refractivity contribution in [3.63, 3.8) is 0 Å². The number of unbranched alkanes of at least 4 members (excludes halogenated alkanes) is 3. The molecule has 0 atom stereocenters. The molecule has 0 aliphatic rings. The standard InChI is InChI=1S/C25H40F3N9O3/c1-5-6-7-8-13-35-16-17-36(14-9-11-30-21(38)25(26,27)28)22(35)34-33-19-18-32-37(20(19)29)15-10-12-31-23(39)40-24(2,3)4/h16-18,29H,5-15H2,1-4H3,(H2,30,31,38,39)/p+1. The molecular weight excluding hydrogens is 531 g/mol. The first-order valence-corrected chi connectivity index (χ1v) is 13.4. The molecule has 0 saturated carbocycles. The van der Waals surface area contributed by atoms with E-state index in [0.29, 0.717) is 50.1 Å². The van der Waals surface area contributed by atoms with Gasteiger partial charge in [0.05, 0.1) is 31.7 Å². The summed E-state index contributed by atoms with van der Waals surface area (Å²) in [6, 6.07) is 0. The maximum absolute atomic E-state index is 12.4. The number of halogens is 3. The SMILES string of the molecule is CCCCCCn1cc[n+](CCCNC(=O)C(F)(F)F)c1N=Nc1cnn(CCCNC(=O)OC(C)(C)C)c1N. The monoisotopic (exact) mass is 572 g/mol. The number of nitrogens with zero attached hydrogens (tertiary/aromatic N) is 6. The van der Waals surface area contributed by atoms with Crippen LogP contribution < -0.4 is 20.9 Å². The summed E-state index contributed by atoms with van der Waals surface area (Å²) in [7, 11) is 0. The van der Waals surface area contributed by atoms with E-state index in [-0.39, 0.29) is 13.0 Å². The van der Waals surface area contributed by atoms with Crippen LogP contribution in [0.3, 0.4) is 0 Å². The summed E-state index contributed by atoms with van der Waals surface area (Å²) >= 11 is 0. The first-order valence-electron chi connectivity index (χ1n) is 13.4. The summed E-state index contributed by atoms with van der Waals surface area (Å²) in [5, 5.41) is 17.5. The highest BCUT2D eigenvalue weighted by Crippen LogP contribution is 2.24. The van der Waals surface area contributed by atoms with Crippen molar-refractivity contribution in [1.29, 1.82) is 0 Å². The minimum atomic E-state index is -4.91. The zero-order valence-electron chi connectivity index (χ0n) is 23.6. The number of azo groups is 1. The number of aryl methyl sites for hydroxylation is 3. The summed E-state index contributed by atoms with van der Waals surface area (Å²) in [6.07, 6.45) is 4.75. The Morgan fingerprint density at radius 2 is 1.77 bits per heavy atom. The van der Waals surface area contributed by atoms with Crippen LogP contribution in [0.1, 0.15) is 66.2 Å². The topological polar surface area (TPSA) is 145 Å². The van der Waals surface area contributed by atoms with Gasteiger partial charge >= 0.3 is 24.1 Å². The molecule has 0 radical (unpaired) electrons. The number of carbonyl (C=O) groups is 2. The third-order valence-corrected chi connectivity index (χ3v) is 5.63. The number of alkyl halides is 3. The van der Waals surface area contributed by atoms with Gasteiger partial charge in [0, 0.05) is 24.7 Å². The highest BCUT2D eigenvalue weighted by Gasteiger charge is 2.38. The molecule has 0 spiro atoms. The van der Waals surface area contributed by atoms with E-state index in [4.69, 9.17) is 10.5 Å². The number of nitrogens with two attached hydrogens (primary N) is 1. The second-order valence-corrected chi connectivity index (χ2v) is 10.3. The molecule has 0 unspecified atom stereocenters. The quantitative estimate of drug-likeness (QED) is 0.163. The molecule has 0 aliphatic heterocycles. The fourth-order valence-corrected chi connectivity index (χ4v) is 3.66. The van der Waals surface area contributed by atoms with E-state index in [0.717, 1.165) is 25.7 Å². The van der Waals surface area contributed by atoms with Gasteiger partial charge in [-0.1, -0.05) is 31.3 Å². The number of rotatable bonds is 15.